The van der Waals surface area contributed by atoms with Crippen molar-refractivity contribution in [3.63, 3.8) is 0 Å². The topological polar surface area (TPSA) is 43.9 Å². The van der Waals surface area contributed by atoms with Gasteiger partial charge in [-0.25, -0.2) is 0 Å². The molecule has 0 bridgehead atoms. The van der Waals surface area contributed by atoms with Crippen LogP contribution in [0.2, 0.25) is 0 Å². The Morgan fingerprint density at radius 2 is 1.64 bits per heavy atom. The second-order valence-electron chi connectivity index (χ2n) is 8.76. The van der Waals surface area contributed by atoms with Gasteiger partial charge in [-0.1, -0.05) is 56.5 Å². The maximum atomic E-state index is 13.0. The van der Waals surface area contributed by atoms with Crippen LogP contribution in [0.25, 0.3) is 0 Å². The second-order valence-corrected chi connectivity index (χ2v) is 8.76. The molecule has 3 fully saturated rings. The van der Waals surface area contributed by atoms with Gasteiger partial charge in [-0.05, 0) is 24.3 Å². The van der Waals surface area contributed by atoms with E-state index >= 15 is 0 Å². The maximum Gasteiger partial charge on any atom is 0.234 e. The summed E-state index contributed by atoms with van der Waals surface area (Å²) in [4.78, 5) is 32.0. The van der Waals surface area contributed by atoms with E-state index in [9.17, 15) is 9.59 Å². The number of benzene rings is 1. The van der Waals surface area contributed by atoms with E-state index in [1.165, 1.54) is 37.0 Å². The van der Waals surface area contributed by atoms with E-state index in [4.69, 9.17) is 0 Å². The molecular formula is C23H33N3O2. The summed E-state index contributed by atoms with van der Waals surface area (Å²) < 4.78 is 0. The maximum absolute atomic E-state index is 13.0. The molecule has 1 aromatic carbocycles. The minimum Gasteiger partial charge on any atom is -0.298 e. The highest BCUT2D eigenvalue weighted by atomic mass is 16.2. The molecule has 28 heavy (non-hydrogen) atoms. The summed E-state index contributed by atoms with van der Waals surface area (Å²) in [6.07, 6.45) is 7.13. The third-order valence-corrected chi connectivity index (χ3v) is 7.05. The van der Waals surface area contributed by atoms with Gasteiger partial charge in [0.1, 0.15) is 0 Å². The first kappa shape index (κ1) is 19.6. The normalized spacial score (nSPS) is 26.8. The molecule has 0 N–H and O–H groups in total. The van der Waals surface area contributed by atoms with Crippen molar-refractivity contribution >= 4 is 11.8 Å². The largest absolute Gasteiger partial charge is 0.298 e. The van der Waals surface area contributed by atoms with Crippen molar-refractivity contribution in [2.24, 2.45) is 5.92 Å². The van der Waals surface area contributed by atoms with Crippen molar-refractivity contribution in [2.45, 2.75) is 57.4 Å². The first-order chi connectivity index (χ1) is 13.6. The summed E-state index contributed by atoms with van der Waals surface area (Å²) in [5.41, 5.74) is 1.14. The molecule has 1 saturated carbocycles. The van der Waals surface area contributed by atoms with Crippen molar-refractivity contribution in [3.8, 4) is 0 Å². The number of amides is 2. The molecule has 5 nitrogen and oxygen atoms in total. The standard InChI is InChI=1S/C23H33N3O2/c1-18(19-8-4-2-5-9-19)21-16-22(27)26(23(21)28)17-24-12-14-25(15-13-24)20-10-6-3-7-11-20/h2,4-5,8-9,18,20-21H,3,6-7,10-17H2,1H3. The molecule has 4 rings (SSSR count). The van der Waals surface area contributed by atoms with E-state index < -0.39 is 0 Å². The Bertz CT molecular complexity index is 678. The van der Waals surface area contributed by atoms with Gasteiger partial charge in [0.05, 0.1) is 12.6 Å². The first-order valence-corrected chi connectivity index (χ1v) is 11.0. The van der Waals surface area contributed by atoms with Crippen LogP contribution in [0.4, 0.5) is 0 Å². The Morgan fingerprint density at radius 3 is 2.32 bits per heavy atom. The van der Waals surface area contributed by atoms with E-state index in [1.807, 2.05) is 18.2 Å². The number of rotatable bonds is 5. The molecule has 152 valence electrons. The third kappa shape index (κ3) is 4.15. The summed E-state index contributed by atoms with van der Waals surface area (Å²) in [6, 6.07) is 10.8. The molecule has 5 heteroatoms. The summed E-state index contributed by atoms with van der Waals surface area (Å²) in [7, 11) is 0. The number of carbonyl (C=O) groups excluding carboxylic acids is 2. The fourth-order valence-electron chi connectivity index (χ4n) is 5.15. The van der Waals surface area contributed by atoms with E-state index in [1.54, 1.807) is 0 Å². The number of carbonyl (C=O) groups is 2. The fourth-order valence-corrected chi connectivity index (χ4v) is 5.15. The molecule has 2 amide bonds. The number of hydrogen-bond donors (Lipinski definition) is 0. The zero-order valence-corrected chi connectivity index (χ0v) is 17.1. The second kappa shape index (κ2) is 8.75. The van der Waals surface area contributed by atoms with Gasteiger partial charge in [-0.15, -0.1) is 0 Å². The lowest BCUT2D eigenvalue weighted by molar-refractivity contribution is -0.142. The number of likely N-dealkylation sites (tertiary alicyclic amines) is 1. The van der Waals surface area contributed by atoms with Crippen molar-refractivity contribution in [1.29, 1.82) is 0 Å². The minimum absolute atomic E-state index is 0.00695. The lowest BCUT2D eigenvalue weighted by atomic mass is 9.86. The van der Waals surface area contributed by atoms with Crippen LogP contribution in [0.5, 0.6) is 0 Å². The Balaban J connectivity index is 1.31. The average molecular weight is 384 g/mol. The van der Waals surface area contributed by atoms with Gasteiger partial charge >= 0.3 is 0 Å². The molecule has 0 spiro atoms. The monoisotopic (exact) mass is 383 g/mol. The van der Waals surface area contributed by atoms with Crippen LogP contribution in [0, 0.1) is 5.92 Å². The van der Waals surface area contributed by atoms with E-state index in [0.717, 1.165) is 37.8 Å². The Morgan fingerprint density at radius 1 is 0.964 bits per heavy atom. The van der Waals surface area contributed by atoms with Gasteiger partial charge in [0.15, 0.2) is 0 Å². The zero-order valence-electron chi connectivity index (χ0n) is 17.1. The Hall–Kier alpha value is -1.72. The summed E-state index contributed by atoms with van der Waals surface area (Å²) >= 11 is 0. The van der Waals surface area contributed by atoms with Crippen LogP contribution in [-0.4, -0.2) is 65.4 Å². The van der Waals surface area contributed by atoms with Crippen molar-refractivity contribution in [1.82, 2.24) is 14.7 Å². The molecule has 2 aliphatic heterocycles. The lowest BCUT2D eigenvalue weighted by Gasteiger charge is -2.41. The Labute approximate surface area is 168 Å². The number of hydrogen-bond acceptors (Lipinski definition) is 4. The predicted octanol–water partition coefficient (Wildman–Crippen LogP) is 3.07. The Kier molecular flexibility index (Phi) is 6.12. The quantitative estimate of drug-likeness (QED) is 0.733. The van der Waals surface area contributed by atoms with E-state index in [2.05, 4.69) is 28.9 Å². The molecule has 0 radical (unpaired) electrons. The van der Waals surface area contributed by atoms with Crippen molar-refractivity contribution in [2.75, 3.05) is 32.8 Å². The highest BCUT2D eigenvalue weighted by molar-refractivity contribution is 6.03. The van der Waals surface area contributed by atoms with E-state index in [-0.39, 0.29) is 23.7 Å². The summed E-state index contributed by atoms with van der Waals surface area (Å²) in [6.45, 7) is 6.56. The van der Waals surface area contributed by atoms with Crippen LogP contribution >= 0.6 is 0 Å². The smallest absolute Gasteiger partial charge is 0.234 e. The van der Waals surface area contributed by atoms with Crippen LogP contribution in [0.15, 0.2) is 30.3 Å². The molecule has 1 aliphatic carbocycles. The van der Waals surface area contributed by atoms with Crippen molar-refractivity contribution < 1.29 is 9.59 Å². The van der Waals surface area contributed by atoms with Gasteiger partial charge in [0.2, 0.25) is 11.8 Å². The molecule has 2 saturated heterocycles. The van der Waals surface area contributed by atoms with Crippen LogP contribution in [0.3, 0.4) is 0 Å². The predicted molar refractivity (Wildman–Crippen MR) is 110 cm³/mol. The number of piperazine rings is 1. The highest BCUT2D eigenvalue weighted by Crippen LogP contribution is 2.33. The number of imide groups is 1. The van der Waals surface area contributed by atoms with Gasteiger partial charge in [0.25, 0.3) is 0 Å². The third-order valence-electron chi connectivity index (χ3n) is 7.05. The average Bonchev–Trinajstić information content (AvgIpc) is 3.03. The lowest BCUT2D eigenvalue weighted by Crippen LogP contribution is -2.53. The van der Waals surface area contributed by atoms with Crippen LogP contribution in [0.1, 0.15) is 56.9 Å². The molecule has 2 unspecified atom stereocenters. The van der Waals surface area contributed by atoms with Gasteiger partial charge in [0, 0.05) is 38.6 Å². The summed E-state index contributed by atoms with van der Waals surface area (Å²) in [5, 5.41) is 0. The number of nitrogens with zero attached hydrogens (tertiary/aromatic N) is 3. The van der Waals surface area contributed by atoms with Crippen LogP contribution in [-0.2, 0) is 9.59 Å². The SMILES string of the molecule is CC(c1ccccc1)C1CC(=O)N(CN2CCN(C3CCCCC3)CC2)C1=O. The molecule has 2 heterocycles. The zero-order chi connectivity index (χ0) is 19.5. The summed E-state index contributed by atoms with van der Waals surface area (Å²) in [5.74, 6) is -0.146. The molecule has 0 aromatic heterocycles. The van der Waals surface area contributed by atoms with Gasteiger partial charge in [-0.2, -0.15) is 0 Å². The van der Waals surface area contributed by atoms with E-state index in [0.29, 0.717) is 13.1 Å². The van der Waals surface area contributed by atoms with Crippen molar-refractivity contribution in [3.05, 3.63) is 35.9 Å². The fraction of sp³-hybridized carbons (Fsp3) is 0.652. The van der Waals surface area contributed by atoms with Crippen LogP contribution < -0.4 is 0 Å². The molecular weight excluding hydrogens is 350 g/mol. The molecule has 3 aliphatic rings. The van der Waals surface area contributed by atoms with Gasteiger partial charge in [-0.3, -0.25) is 24.3 Å². The first-order valence-electron chi connectivity index (χ1n) is 11.0. The highest BCUT2D eigenvalue weighted by Gasteiger charge is 2.42. The molecule has 1 aromatic rings. The van der Waals surface area contributed by atoms with Gasteiger partial charge < -0.3 is 0 Å². The minimum atomic E-state index is -0.224. The molecule has 2 atom stereocenters.